The molecule has 2 aromatic carbocycles. The van der Waals surface area contributed by atoms with Gasteiger partial charge in [0, 0.05) is 31.6 Å². The highest BCUT2D eigenvalue weighted by molar-refractivity contribution is 7.80. The number of ether oxygens (including phenoxy) is 1. The van der Waals surface area contributed by atoms with Gasteiger partial charge in [0.25, 0.3) is 0 Å². The zero-order valence-corrected chi connectivity index (χ0v) is 22.0. The maximum absolute atomic E-state index is 12.8. The van der Waals surface area contributed by atoms with E-state index >= 15 is 0 Å². The van der Waals surface area contributed by atoms with Gasteiger partial charge >= 0.3 is 0 Å². The summed E-state index contributed by atoms with van der Waals surface area (Å²) in [6.07, 6.45) is 2.58. The molecule has 2 N–H and O–H groups in total. The second kappa shape index (κ2) is 12.5. The molecule has 2 rings (SSSR count). The molecule has 6 nitrogen and oxygen atoms in total. The molecule has 0 aromatic heterocycles. The zero-order valence-electron chi connectivity index (χ0n) is 21.2. The Balaban J connectivity index is 1.77. The predicted molar refractivity (Wildman–Crippen MR) is 142 cm³/mol. The molecule has 184 valence electrons. The summed E-state index contributed by atoms with van der Waals surface area (Å²) >= 11 is 5.34. The van der Waals surface area contributed by atoms with Crippen LogP contribution in [-0.4, -0.2) is 42.5 Å². The van der Waals surface area contributed by atoms with E-state index in [1.54, 1.807) is 19.0 Å². The molecule has 2 amide bonds. The molecule has 34 heavy (non-hydrogen) atoms. The lowest BCUT2D eigenvalue weighted by Crippen LogP contribution is -2.42. The molecule has 0 saturated heterocycles. The number of nitrogens with zero attached hydrogens (tertiary/aromatic N) is 1. The average molecular weight is 484 g/mol. The quantitative estimate of drug-likeness (QED) is 0.367. The lowest BCUT2D eigenvalue weighted by molar-refractivity contribution is -0.129. The minimum atomic E-state index is -0.584. The number of nitrogens with one attached hydrogen (secondary N) is 2. The van der Waals surface area contributed by atoms with Crippen LogP contribution in [0.25, 0.3) is 0 Å². The van der Waals surface area contributed by atoms with Gasteiger partial charge in [0.05, 0.1) is 6.61 Å². The van der Waals surface area contributed by atoms with Crippen molar-refractivity contribution in [2.75, 3.05) is 26.0 Å². The van der Waals surface area contributed by atoms with Gasteiger partial charge < -0.3 is 20.3 Å². The van der Waals surface area contributed by atoms with Crippen LogP contribution >= 0.6 is 12.2 Å². The number of carbonyl (C=O) groups excluding carboxylic acids is 2. The Bertz CT molecular complexity index is 1000. The van der Waals surface area contributed by atoms with Crippen molar-refractivity contribution in [3.63, 3.8) is 0 Å². The van der Waals surface area contributed by atoms with Crippen molar-refractivity contribution in [1.82, 2.24) is 10.2 Å². The van der Waals surface area contributed by atoms with E-state index in [1.807, 2.05) is 58.0 Å². The van der Waals surface area contributed by atoms with Gasteiger partial charge in [0.1, 0.15) is 5.75 Å². The van der Waals surface area contributed by atoms with Gasteiger partial charge in [-0.3, -0.25) is 9.59 Å². The highest BCUT2D eigenvalue weighted by Crippen LogP contribution is 2.24. The van der Waals surface area contributed by atoms with E-state index in [-0.39, 0.29) is 16.9 Å². The van der Waals surface area contributed by atoms with Crippen LogP contribution in [0.15, 0.2) is 42.5 Å². The Kier molecular flexibility index (Phi) is 10.1. The van der Waals surface area contributed by atoms with Crippen LogP contribution in [0.2, 0.25) is 0 Å². The first-order valence-electron chi connectivity index (χ1n) is 11.6. The fraction of sp³-hybridized carbons (Fsp3) is 0.444. The van der Waals surface area contributed by atoms with E-state index in [9.17, 15) is 9.59 Å². The van der Waals surface area contributed by atoms with E-state index in [2.05, 4.69) is 22.8 Å². The van der Waals surface area contributed by atoms with Crippen LogP contribution in [-0.2, 0) is 16.0 Å². The van der Waals surface area contributed by atoms with Crippen LogP contribution < -0.4 is 15.4 Å². The molecule has 0 atom stereocenters. The largest absolute Gasteiger partial charge is 0.493 e. The number of anilines is 1. The number of carbonyl (C=O) groups is 2. The Labute approximate surface area is 209 Å². The summed E-state index contributed by atoms with van der Waals surface area (Å²) in [5, 5.41) is 6.12. The van der Waals surface area contributed by atoms with Gasteiger partial charge in [-0.1, -0.05) is 38.1 Å². The third-order valence-corrected chi connectivity index (χ3v) is 5.93. The van der Waals surface area contributed by atoms with Gasteiger partial charge in [0.2, 0.25) is 11.8 Å². The lowest BCUT2D eigenvalue weighted by atomic mass is 9.87. The summed E-state index contributed by atoms with van der Waals surface area (Å²) in [6, 6.07) is 13.8. The topological polar surface area (TPSA) is 70.7 Å². The SMILES string of the molecule is Cc1ccc(C)c(OCCCC(C)(C)C(=O)NC(=S)Nc2ccc(CCC(=O)N(C)C)cc2)c1. The van der Waals surface area contributed by atoms with Crippen molar-refractivity contribution in [1.29, 1.82) is 0 Å². The Hall–Kier alpha value is -2.93. The first kappa shape index (κ1) is 27.3. The first-order valence-corrected chi connectivity index (χ1v) is 12.0. The number of benzene rings is 2. The molecule has 0 spiro atoms. The monoisotopic (exact) mass is 483 g/mol. The fourth-order valence-electron chi connectivity index (χ4n) is 3.34. The minimum Gasteiger partial charge on any atom is -0.493 e. The van der Waals surface area contributed by atoms with Crippen molar-refractivity contribution in [2.45, 2.75) is 53.4 Å². The van der Waals surface area contributed by atoms with Crippen molar-refractivity contribution >= 4 is 34.8 Å². The van der Waals surface area contributed by atoms with Crippen molar-refractivity contribution in [3.05, 3.63) is 59.2 Å². The summed E-state index contributed by atoms with van der Waals surface area (Å²) in [5.41, 5.74) is 3.54. The molecule has 0 saturated carbocycles. The summed E-state index contributed by atoms with van der Waals surface area (Å²) in [7, 11) is 3.51. The van der Waals surface area contributed by atoms with Gasteiger partial charge in [-0.25, -0.2) is 0 Å². The molecular formula is C27H37N3O3S. The number of hydrogen-bond donors (Lipinski definition) is 2. The van der Waals surface area contributed by atoms with Gasteiger partial charge in [0.15, 0.2) is 5.11 Å². The molecule has 0 fully saturated rings. The van der Waals surface area contributed by atoms with Gasteiger partial charge in [-0.05, 0) is 80.2 Å². The maximum atomic E-state index is 12.8. The Morgan fingerprint density at radius 1 is 1.06 bits per heavy atom. The van der Waals surface area contributed by atoms with Crippen molar-refractivity contribution < 1.29 is 14.3 Å². The maximum Gasteiger partial charge on any atom is 0.231 e. The summed E-state index contributed by atoms with van der Waals surface area (Å²) in [6.45, 7) is 8.44. The molecule has 0 unspecified atom stereocenters. The molecule has 7 heteroatoms. The van der Waals surface area contributed by atoms with Crippen LogP contribution in [0.5, 0.6) is 5.75 Å². The van der Waals surface area contributed by atoms with E-state index in [4.69, 9.17) is 17.0 Å². The van der Waals surface area contributed by atoms with Crippen molar-refractivity contribution in [2.24, 2.45) is 5.41 Å². The standard InChI is InChI=1S/C27H37N3O3S/c1-19-8-9-20(2)23(18-19)33-17-7-16-27(3,4)25(32)29-26(34)28-22-13-10-21(11-14-22)12-15-24(31)30(5)6/h8-11,13-14,18H,7,12,15-17H2,1-6H3,(H2,28,29,32,34). The highest BCUT2D eigenvalue weighted by atomic mass is 32.1. The molecule has 0 aliphatic carbocycles. The van der Waals surface area contributed by atoms with Crippen LogP contribution in [0.1, 0.15) is 49.8 Å². The number of thiocarbonyl (C=S) groups is 1. The molecule has 0 aliphatic heterocycles. The Morgan fingerprint density at radius 3 is 2.38 bits per heavy atom. The zero-order chi connectivity index (χ0) is 25.3. The van der Waals surface area contributed by atoms with E-state index in [1.165, 1.54) is 0 Å². The van der Waals surface area contributed by atoms with Crippen molar-refractivity contribution in [3.8, 4) is 5.75 Å². The fourth-order valence-corrected chi connectivity index (χ4v) is 3.55. The lowest BCUT2D eigenvalue weighted by Gasteiger charge is -2.24. The molecular weight excluding hydrogens is 446 g/mol. The smallest absolute Gasteiger partial charge is 0.231 e. The van der Waals surface area contributed by atoms with E-state index in [0.29, 0.717) is 25.9 Å². The van der Waals surface area contributed by atoms with Crippen LogP contribution in [0.4, 0.5) is 5.69 Å². The third kappa shape index (κ3) is 8.78. The number of aryl methyl sites for hydroxylation is 3. The van der Waals surface area contributed by atoms with Crippen LogP contribution in [0, 0.1) is 19.3 Å². The molecule has 0 heterocycles. The average Bonchev–Trinajstić information content (AvgIpc) is 2.78. The predicted octanol–water partition coefficient (Wildman–Crippen LogP) is 5.02. The minimum absolute atomic E-state index is 0.102. The number of rotatable bonds is 10. The van der Waals surface area contributed by atoms with Gasteiger partial charge in [-0.15, -0.1) is 0 Å². The summed E-state index contributed by atoms with van der Waals surface area (Å²) in [4.78, 5) is 26.1. The number of amides is 2. The van der Waals surface area contributed by atoms with E-state index < -0.39 is 5.41 Å². The van der Waals surface area contributed by atoms with Gasteiger partial charge in [-0.2, -0.15) is 0 Å². The van der Waals surface area contributed by atoms with Crippen LogP contribution in [0.3, 0.4) is 0 Å². The molecule has 0 bridgehead atoms. The highest BCUT2D eigenvalue weighted by Gasteiger charge is 2.27. The third-order valence-electron chi connectivity index (χ3n) is 5.73. The molecule has 0 aliphatic rings. The number of hydrogen-bond acceptors (Lipinski definition) is 4. The first-order chi connectivity index (χ1) is 16.0. The summed E-state index contributed by atoms with van der Waals surface area (Å²) in [5.74, 6) is 0.865. The van der Waals surface area contributed by atoms with E-state index in [0.717, 1.165) is 34.5 Å². The second-order valence-corrected chi connectivity index (χ2v) is 9.91. The normalized spacial score (nSPS) is 11.0. The Morgan fingerprint density at radius 2 is 1.74 bits per heavy atom. The summed E-state index contributed by atoms with van der Waals surface area (Å²) < 4.78 is 5.91. The molecule has 0 radical (unpaired) electrons. The second-order valence-electron chi connectivity index (χ2n) is 9.50. The molecule has 2 aromatic rings.